The van der Waals surface area contributed by atoms with Crippen molar-refractivity contribution in [3.63, 3.8) is 0 Å². The lowest BCUT2D eigenvalue weighted by Crippen LogP contribution is -2.11. The van der Waals surface area contributed by atoms with Crippen molar-refractivity contribution >= 4 is 15.9 Å². The van der Waals surface area contributed by atoms with Crippen LogP contribution in [0.1, 0.15) is 44.1 Å². The Morgan fingerprint density at radius 3 is 2.41 bits per heavy atom. The average molecular weight is 297 g/mol. The molecule has 1 saturated carbocycles. The first-order valence-electron chi connectivity index (χ1n) is 6.64. The van der Waals surface area contributed by atoms with Crippen LogP contribution in [0.15, 0.2) is 24.3 Å². The monoisotopic (exact) mass is 296 g/mol. The Morgan fingerprint density at radius 1 is 1.24 bits per heavy atom. The third kappa shape index (κ3) is 3.25. The maximum absolute atomic E-state index is 5.49. The van der Waals surface area contributed by atoms with Crippen LogP contribution in [0.3, 0.4) is 0 Å². The van der Waals surface area contributed by atoms with Crippen molar-refractivity contribution in [2.24, 2.45) is 5.92 Å². The molecule has 0 N–H and O–H groups in total. The van der Waals surface area contributed by atoms with E-state index in [2.05, 4.69) is 40.2 Å². The van der Waals surface area contributed by atoms with Crippen LogP contribution in [0.4, 0.5) is 0 Å². The van der Waals surface area contributed by atoms with Gasteiger partial charge >= 0.3 is 0 Å². The SMILES string of the molecule is CCOc1ccc(C(CBr)C2CCCC2)cc1. The highest BCUT2D eigenvalue weighted by atomic mass is 79.9. The minimum Gasteiger partial charge on any atom is -0.494 e. The molecule has 0 amide bonds. The summed E-state index contributed by atoms with van der Waals surface area (Å²) in [6.45, 7) is 2.76. The van der Waals surface area contributed by atoms with Gasteiger partial charge < -0.3 is 4.74 Å². The maximum Gasteiger partial charge on any atom is 0.119 e. The molecular formula is C15H21BrO. The summed E-state index contributed by atoms with van der Waals surface area (Å²) in [5.41, 5.74) is 1.46. The van der Waals surface area contributed by atoms with Gasteiger partial charge in [-0.3, -0.25) is 0 Å². The number of hydrogen-bond acceptors (Lipinski definition) is 1. The van der Waals surface area contributed by atoms with Gasteiger partial charge in [0, 0.05) is 5.33 Å². The van der Waals surface area contributed by atoms with Crippen LogP contribution in [-0.4, -0.2) is 11.9 Å². The van der Waals surface area contributed by atoms with Crippen LogP contribution in [-0.2, 0) is 0 Å². The number of benzene rings is 1. The van der Waals surface area contributed by atoms with Gasteiger partial charge in [-0.05, 0) is 49.3 Å². The molecule has 0 radical (unpaired) electrons. The Balaban J connectivity index is 2.07. The van der Waals surface area contributed by atoms with E-state index < -0.39 is 0 Å². The van der Waals surface area contributed by atoms with Crippen molar-refractivity contribution in [2.75, 3.05) is 11.9 Å². The largest absolute Gasteiger partial charge is 0.494 e. The lowest BCUT2D eigenvalue weighted by molar-refractivity contribution is 0.340. The first-order valence-corrected chi connectivity index (χ1v) is 7.76. The molecule has 0 aromatic heterocycles. The third-order valence-corrected chi connectivity index (χ3v) is 4.45. The first kappa shape index (κ1) is 12.9. The molecule has 2 rings (SSSR count). The molecule has 1 unspecified atom stereocenters. The molecule has 0 heterocycles. The van der Waals surface area contributed by atoms with Gasteiger partial charge in [0.25, 0.3) is 0 Å². The second kappa shape index (κ2) is 6.44. The van der Waals surface area contributed by atoms with E-state index in [4.69, 9.17) is 4.74 Å². The van der Waals surface area contributed by atoms with Crippen molar-refractivity contribution in [3.05, 3.63) is 29.8 Å². The van der Waals surface area contributed by atoms with E-state index in [-0.39, 0.29) is 0 Å². The quantitative estimate of drug-likeness (QED) is 0.712. The summed E-state index contributed by atoms with van der Waals surface area (Å²) in [5, 5.41) is 1.08. The van der Waals surface area contributed by atoms with Gasteiger partial charge in [-0.25, -0.2) is 0 Å². The summed E-state index contributed by atoms with van der Waals surface area (Å²) in [7, 11) is 0. The molecule has 1 aromatic rings. The minimum atomic E-state index is 0.674. The molecule has 0 bridgehead atoms. The highest BCUT2D eigenvalue weighted by Crippen LogP contribution is 2.38. The van der Waals surface area contributed by atoms with Crippen molar-refractivity contribution in [1.29, 1.82) is 0 Å². The van der Waals surface area contributed by atoms with Crippen LogP contribution >= 0.6 is 15.9 Å². The van der Waals surface area contributed by atoms with E-state index in [1.54, 1.807) is 0 Å². The fourth-order valence-electron chi connectivity index (χ4n) is 2.82. The van der Waals surface area contributed by atoms with Gasteiger partial charge in [-0.2, -0.15) is 0 Å². The Hall–Kier alpha value is -0.500. The summed E-state index contributed by atoms with van der Waals surface area (Å²) >= 11 is 3.68. The van der Waals surface area contributed by atoms with Crippen LogP contribution < -0.4 is 4.74 Å². The topological polar surface area (TPSA) is 9.23 Å². The minimum absolute atomic E-state index is 0.674. The molecule has 1 aliphatic carbocycles. The van der Waals surface area contributed by atoms with Crippen LogP contribution in [0, 0.1) is 5.92 Å². The summed E-state index contributed by atoms with van der Waals surface area (Å²) in [4.78, 5) is 0. The Labute approximate surface area is 113 Å². The van der Waals surface area contributed by atoms with Crippen LogP contribution in [0.2, 0.25) is 0 Å². The predicted octanol–water partition coefficient (Wildman–Crippen LogP) is 4.75. The van der Waals surface area contributed by atoms with Crippen LogP contribution in [0.25, 0.3) is 0 Å². The predicted molar refractivity (Wildman–Crippen MR) is 76.1 cm³/mol. The number of ether oxygens (including phenoxy) is 1. The highest BCUT2D eigenvalue weighted by molar-refractivity contribution is 9.09. The van der Waals surface area contributed by atoms with E-state index in [0.29, 0.717) is 5.92 Å². The lowest BCUT2D eigenvalue weighted by atomic mass is 9.86. The Kier molecular flexibility index (Phi) is 4.90. The van der Waals surface area contributed by atoms with Gasteiger partial charge in [0.15, 0.2) is 0 Å². The normalized spacial score (nSPS) is 18.2. The summed E-state index contributed by atoms with van der Waals surface area (Å²) in [5.74, 6) is 2.52. The van der Waals surface area contributed by atoms with Crippen molar-refractivity contribution in [1.82, 2.24) is 0 Å². The van der Waals surface area contributed by atoms with Gasteiger partial charge in [-0.1, -0.05) is 40.9 Å². The lowest BCUT2D eigenvalue weighted by Gasteiger charge is -2.21. The molecule has 0 saturated heterocycles. The molecule has 1 fully saturated rings. The molecule has 17 heavy (non-hydrogen) atoms. The van der Waals surface area contributed by atoms with Crippen LogP contribution in [0.5, 0.6) is 5.75 Å². The van der Waals surface area contributed by atoms with Gasteiger partial charge in [-0.15, -0.1) is 0 Å². The van der Waals surface area contributed by atoms with Gasteiger partial charge in [0.05, 0.1) is 6.61 Å². The molecule has 0 spiro atoms. The molecule has 1 aliphatic rings. The van der Waals surface area contributed by atoms with E-state index in [9.17, 15) is 0 Å². The third-order valence-electron chi connectivity index (χ3n) is 3.75. The molecule has 2 heteroatoms. The highest BCUT2D eigenvalue weighted by Gasteiger charge is 2.25. The van der Waals surface area contributed by atoms with Crippen molar-refractivity contribution in [2.45, 2.75) is 38.5 Å². The summed E-state index contributed by atoms with van der Waals surface area (Å²) in [6.07, 6.45) is 5.60. The van der Waals surface area contributed by atoms with E-state index >= 15 is 0 Å². The first-order chi connectivity index (χ1) is 8.35. The molecular weight excluding hydrogens is 276 g/mol. The number of rotatable bonds is 5. The average Bonchev–Trinajstić information content (AvgIpc) is 2.86. The number of alkyl halides is 1. The van der Waals surface area contributed by atoms with Crippen molar-refractivity contribution in [3.8, 4) is 5.75 Å². The zero-order chi connectivity index (χ0) is 12.1. The van der Waals surface area contributed by atoms with Gasteiger partial charge in [0.1, 0.15) is 5.75 Å². The maximum atomic E-state index is 5.49. The summed E-state index contributed by atoms with van der Waals surface area (Å²) in [6, 6.07) is 8.66. The number of hydrogen-bond donors (Lipinski definition) is 0. The zero-order valence-electron chi connectivity index (χ0n) is 10.5. The van der Waals surface area contributed by atoms with Crippen molar-refractivity contribution < 1.29 is 4.74 Å². The smallest absolute Gasteiger partial charge is 0.119 e. The van der Waals surface area contributed by atoms with E-state index in [1.165, 1.54) is 31.2 Å². The molecule has 94 valence electrons. The fraction of sp³-hybridized carbons (Fsp3) is 0.600. The second-order valence-electron chi connectivity index (χ2n) is 4.81. The van der Waals surface area contributed by atoms with Gasteiger partial charge in [0.2, 0.25) is 0 Å². The molecule has 1 atom stereocenters. The standard InChI is InChI=1S/C15H21BrO/c1-2-17-14-9-7-13(8-10-14)15(11-16)12-5-3-4-6-12/h7-10,12,15H,2-6,11H2,1H3. The molecule has 0 aliphatic heterocycles. The molecule has 1 nitrogen and oxygen atoms in total. The number of halogens is 1. The van der Waals surface area contributed by atoms with E-state index in [1.807, 2.05) is 6.92 Å². The fourth-order valence-corrected chi connectivity index (χ4v) is 3.73. The summed E-state index contributed by atoms with van der Waals surface area (Å²) < 4.78 is 5.49. The van der Waals surface area contributed by atoms with E-state index in [0.717, 1.165) is 23.6 Å². The molecule has 1 aromatic carbocycles. The zero-order valence-corrected chi connectivity index (χ0v) is 12.1. The second-order valence-corrected chi connectivity index (χ2v) is 5.45. The Bertz CT molecular complexity index is 327. The Morgan fingerprint density at radius 2 is 1.88 bits per heavy atom.